The molecule has 3 aromatic carbocycles. The van der Waals surface area contributed by atoms with Crippen LogP contribution >= 0.6 is 0 Å². The van der Waals surface area contributed by atoms with Crippen LogP contribution in [0.4, 0.5) is 0 Å². The Hall–Kier alpha value is -3.59. The van der Waals surface area contributed by atoms with E-state index >= 15 is 0 Å². The molecule has 0 atom stereocenters. The van der Waals surface area contributed by atoms with E-state index in [1.807, 2.05) is 54.6 Å². The van der Waals surface area contributed by atoms with Gasteiger partial charge in [0.25, 0.3) is 0 Å². The van der Waals surface area contributed by atoms with E-state index in [4.69, 9.17) is 9.72 Å². The van der Waals surface area contributed by atoms with E-state index in [1.165, 1.54) is 0 Å². The highest BCUT2D eigenvalue weighted by atomic mass is 16.5. The molecular formula is C25H22N2O. The van der Waals surface area contributed by atoms with Crippen molar-refractivity contribution in [3.05, 3.63) is 97.6 Å². The zero-order valence-electron chi connectivity index (χ0n) is 15.9. The first-order chi connectivity index (χ1) is 13.8. The predicted octanol–water partition coefficient (Wildman–Crippen LogP) is 6.08. The highest BCUT2D eigenvalue weighted by Gasteiger charge is 2.20. The van der Waals surface area contributed by atoms with Gasteiger partial charge in [0.2, 0.25) is 0 Å². The summed E-state index contributed by atoms with van der Waals surface area (Å²) in [5.74, 6) is 1.75. The van der Waals surface area contributed by atoms with Gasteiger partial charge in [-0.3, -0.25) is 0 Å². The van der Waals surface area contributed by atoms with Crippen molar-refractivity contribution in [3.8, 4) is 39.7 Å². The summed E-state index contributed by atoms with van der Waals surface area (Å²) in [6, 6.07) is 28.7. The summed E-state index contributed by atoms with van der Waals surface area (Å²) in [6.07, 6.45) is 1.91. The largest absolute Gasteiger partial charge is 0.497 e. The zero-order chi connectivity index (χ0) is 19.3. The van der Waals surface area contributed by atoms with Crippen molar-refractivity contribution in [2.24, 2.45) is 0 Å². The van der Waals surface area contributed by atoms with Gasteiger partial charge < -0.3 is 9.30 Å². The van der Waals surface area contributed by atoms with E-state index in [-0.39, 0.29) is 0 Å². The highest BCUT2D eigenvalue weighted by molar-refractivity contribution is 5.82. The summed E-state index contributed by atoms with van der Waals surface area (Å²) in [5, 5.41) is 0. The van der Waals surface area contributed by atoms with Gasteiger partial charge in [-0.2, -0.15) is 0 Å². The van der Waals surface area contributed by atoms with Gasteiger partial charge in [-0.25, -0.2) is 4.98 Å². The Morgan fingerprint density at radius 1 is 0.821 bits per heavy atom. The highest BCUT2D eigenvalue weighted by Crippen LogP contribution is 2.36. The van der Waals surface area contributed by atoms with Crippen molar-refractivity contribution < 1.29 is 4.74 Å². The van der Waals surface area contributed by atoms with Crippen LogP contribution in [0, 0.1) is 0 Å². The molecule has 0 bridgehead atoms. The van der Waals surface area contributed by atoms with Crippen molar-refractivity contribution in [3.63, 3.8) is 0 Å². The Balaban J connectivity index is 1.98. The van der Waals surface area contributed by atoms with Crippen LogP contribution in [0.3, 0.4) is 0 Å². The molecule has 0 N–H and O–H groups in total. The van der Waals surface area contributed by atoms with Gasteiger partial charge in [-0.1, -0.05) is 66.7 Å². The molecule has 3 heteroatoms. The van der Waals surface area contributed by atoms with Crippen molar-refractivity contribution in [1.29, 1.82) is 0 Å². The van der Waals surface area contributed by atoms with Crippen LogP contribution in [-0.4, -0.2) is 16.7 Å². The second-order valence-corrected chi connectivity index (χ2v) is 6.49. The molecule has 138 valence electrons. The van der Waals surface area contributed by atoms with Crippen LogP contribution in [-0.2, 0) is 6.54 Å². The summed E-state index contributed by atoms with van der Waals surface area (Å²) in [4.78, 5) is 5.08. The molecule has 4 aromatic rings. The number of benzene rings is 3. The number of hydrogen-bond acceptors (Lipinski definition) is 2. The molecule has 0 fully saturated rings. The van der Waals surface area contributed by atoms with Crippen molar-refractivity contribution in [2.45, 2.75) is 6.54 Å². The molecule has 0 amide bonds. The number of hydrogen-bond donors (Lipinski definition) is 0. The quantitative estimate of drug-likeness (QED) is 0.387. The average molecular weight is 366 g/mol. The lowest BCUT2D eigenvalue weighted by Crippen LogP contribution is -2.01. The van der Waals surface area contributed by atoms with Crippen LogP contribution in [0.25, 0.3) is 33.9 Å². The molecule has 3 nitrogen and oxygen atoms in total. The summed E-state index contributed by atoms with van der Waals surface area (Å²) in [5.41, 5.74) is 5.34. The Labute approximate surface area is 165 Å². The van der Waals surface area contributed by atoms with Crippen LogP contribution < -0.4 is 4.74 Å². The van der Waals surface area contributed by atoms with Gasteiger partial charge in [0.15, 0.2) is 0 Å². The lowest BCUT2D eigenvalue weighted by molar-refractivity contribution is 0.415. The number of aromatic nitrogens is 2. The van der Waals surface area contributed by atoms with Crippen molar-refractivity contribution in [1.82, 2.24) is 9.55 Å². The minimum atomic E-state index is 0.672. The first kappa shape index (κ1) is 17.8. The number of allylic oxidation sites excluding steroid dienone is 1. The first-order valence-electron chi connectivity index (χ1n) is 9.28. The first-order valence-corrected chi connectivity index (χ1v) is 9.28. The third-order valence-electron chi connectivity index (χ3n) is 4.72. The second-order valence-electron chi connectivity index (χ2n) is 6.49. The van der Waals surface area contributed by atoms with Crippen LogP contribution in [0.5, 0.6) is 5.75 Å². The van der Waals surface area contributed by atoms with E-state index in [9.17, 15) is 0 Å². The molecule has 0 unspecified atom stereocenters. The molecule has 0 saturated carbocycles. The fourth-order valence-corrected chi connectivity index (χ4v) is 3.41. The van der Waals surface area contributed by atoms with E-state index in [0.29, 0.717) is 6.54 Å². The van der Waals surface area contributed by atoms with Gasteiger partial charge in [0, 0.05) is 23.2 Å². The van der Waals surface area contributed by atoms with Gasteiger partial charge in [0.1, 0.15) is 11.6 Å². The normalized spacial score (nSPS) is 10.6. The van der Waals surface area contributed by atoms with Crippen LogP contribution in [0.2, 0.25) is 0 Å². The van der Waals surface area contributed by atoms with Crippen molar-refractivity contribution >= 4 is 0 Å². The van der Waals surface area contributed by atoms with E-state index in [1.54, 1.807) is 7.11 Å². The summed E-state index contributed by atoms with van der Waals surface area (Å²) in [6.45, 7) is 4.64. The summed E-state index contributed by atoms with van der Waals surface area (Å²) >= 11 is 0. The maximum atomic E-state index is 5.31. The number of ether oxygens (including phenoxy) is 1. The topological polar surface area (TPSA) is 27.1 Å². The van der Waals surface area contributed by atoms with Gasteiger partial charge in [0.05, 0.1) is 18.5 Å². The third kappa shape index (κ3) is 3.35. The molecule has 0 saturated heterocycles. The van der Waals surface area contributed by atoms with E-state index in [0.717, 1.165) is 39.7 Å². The Morgan fingerprint density at radius 2 is 1.43 bits per heavy atom. The number of imidazole rings is 1. The van der Waals surface area contributed by atoms with Gasteiger partial charge in [-0.05, 0) is 24.3 Å². The molecule has 0 radical (unpaired) electrons. The van der Waals surface area contributed by atoms with Crippen LogP contribution in [0.15, 0.2) is 97.6 Å². The molecule has 1 heterocycles. The lowest BCUT2D eigenvalue weighted by atomic mass is 10.0. The smallest absolute Gasteiger partial charge is 0.141 e. The Kier molecular flexibility index (Phi) is 5.07. The molecule has 4 rings (SSSR count). The molecule has 28 heavy (non-hydrogen) atoms. The average Bonchev–Trinajstić information content (AvgIpc) is 3.14. The maximum absolute atomic E-state index is 5.31. The SMILES string of the molecule is C=CCn1c(-c2ccc(OC)cc2)nc(-c2ccccc2)c1-c1ccccc1. The fourth-order valence-electron chi connectivity index (χ4n) is 3.41. The Bertz CT molecular complexity index is 1070. The minimum Gasteiger partial charge on any atom is -0.497 e. The lowest BCUT2D eigenvalue weighted by Gasteiger charge is -2.11. The predicted molar refractivity (Wildman–Crippen MR) is 115 cm³/mol. The summed E-state index contributed by atoms with van der Waals surface area (Å²) < 4.78 is 7.54. The zero-order valence-corrected chi connectivity index (χ0v) is 15.9. The number of rotatable bonds is 6. The summed E-state index contributed by atoms with van der Waals surface area (Å²) in [7, 11) is 1.68. The number of methoxy groups -OCH3 is 1. The molecule has 0 aliphatic carbocycles. The standard InChI is InChI=1S/C25H22N2O/c1-3-18-27-24(20-12-8-5-9-13-20)23(19-10-6-4-7-11-19)26-25(27)21-14-16-22(28-2)17-15-21/h3-17H,1,18H2,2H3. The van der Waals surface area contributed by atoms with Gasteiger partial charge >= 0.3 is 0 Å². The molecule has 0 aliphatic heterocycles. The van der Waals surface area contributed by atoms with E-state index < -0.39 is 0 Å². The molecule has 0 aliphatic rings. The second kappa shape index (κ2) is 7.97. The fraction of sp³-hybridized carbons (Fsp3) is 0.0800. The maximum Gasteiger partial charge on any atom is 0.141 e. The van der Waals surface area contributed by atoms with Crippen molar-refractivity contribution in [2.75, 3.05) is 7.11 Å². The third-order valence-corrected chi connectivity index (χ3v) is 4.72. The van der Waals surface area contributed by atoms with Crippen LogP contribution in [0.1, 0.15) is 0 Å². The Morgan fingerprint density at radius 3 is 2.00 bits per heavy atom. The molecule has 1 aromatic heterocycles. The minimum absolute atomic E-state index is 0.672. The molecule has 0 spiro atoms. The van der Waals surface area contributed by atoms with E-state index in [2.05, 4.69) is 47.5 Å². The molecular weight excluding hydrogens is 344 g/mol. The monoisotopic (exact) mass is 366 g/mol. The van der Waals surface area contributed by atoms with Gasteiger partial charge in [-0.15, -0.1) is 6.58 Å². The number of nitrogens with zero attached hydrogens (tertiary/aromatic N) is 2.